The van der Waals surface area contributed by atoms with Crippen LogP contribution in [0.4, 0.5) is 10.2 Å². The van der Waals surface area contributed by atoms with Gasteiger partial charge in [0.15, 0.2) is 11.6 Å². The minimum absolute atomic E-state index is 0.185. The molecule has 106 valence electrons. The van der Waals surface area contributed by atoms with E-state index in [4.69, 9.17) is 0 Å². The molecule has 19 heavy (non-hydrogen) atoms. The summed E-state index contributed by atoms with van der Waals surface area (Å²) < 4.78 is 14.3. The fourth-order valence-electron chi connectivity index (χ4n) is 2.47. The van der Waals surface area contributed by atoms with E-state index in [9.17, 15) is 4.39 Å². The number of nitrogens with zero attached hydrogens (tertiary/aromatic N) is 3. The molecule has 1 fully saturated rings. The lowest BCUT2D eigenvalue weighted by Gasteiger charge is -2.37. The number of nitrogens with one attached hydrogen (secondary N) is 1. The Balaban J connectivity index is 2.09. The van der Waals surface area contributed by atoms with Gasteiger partial charge in [-0.3, -0.25) is 4.90 Å². The van der Waals surface area contributed by atoms with Crippen molar-refractivity contribution in [2.24, 2.45) is 0 Å². The molecule has 0 aromatic carbocycles. The van der Waals surface area contributed by atoms with Crippen molar-refractivity contribution in [3.63, 3.8) is 0 Å². The molecule has 0 bridgehead atoms. The number of rotatable bonds is 4. The van der Waals surface area contributed by atoms with Crippen molar-refractivity contribution in [2.75, 3.05) is 38.1 Å². The summed E-state index contributed by atoms with van der Waals surface area (Å²) in [7, 11) is 1.82. The van der Waals surface area contributed by atoms with Crippen molar-refractivity contribution in [1.82, 2.24) is 15.2 Å². The zero-order chi connectivity index (χ0) is 13.8. The van der Waals surface area contributed by atoms with Gasteiger partial charge in [0.2, 0.25) is 0 Å². The molecule has 0 radical (unpaired) electrons. The summed E-state index contributed by atoms with van der Waals surface area (Å²) in [5.74, 6) is 0.311. The van der Waals surface area contributed by atoms with Gasteiger partial charge < -0.3 is 10.2 Å². The van der Waals surface area contributed by atoms with Crippen LogP contribution in [0.1, 0.15) is 19.4 Å². The Morgan fingerprint density at radius 2 is 2.00 bits per heavy atom. The molecule has 0 spiro atoms. The third-order valence-corrected chi connectivity index (χ3v) is 3.66. The van der Waals surface area contributed by atoms with Crippen LogP contribution in [0.5, 0.6) is 0 Å². The number of halogens is 1. The Kier molecular flexibility index (Phi) is 4.71. The maximum Gasteiger partial charge on any atom is 0.170 e. The molecule has 0 unspecified atom stereocenters. The van der Waals surface area contributed by atoms with Gasteiger partial charge in [0, 0.05) is 50.5 Å². The normalized spacial score (nSPS) is 17.2. The summed E-state index contributed by atoms with van der Waals surface area (Å²) in [5.41, 5.74) is 0.679. The molecule has 1 aromatic heterocycles. The van der Waals surface area contributed by atoms with Crippen molar-refractivity contribution < 1.29 is 4.39 Å². The van der Waals surface area contributed by atoms with E-state index in [0.717, 1.165) is 26.2 Å². The fourth-order valence-corrected chi connectivity index (χ4v) is 2.47. The molecule has 0 aliphatic carbocycles. The molecule has 0 atom stereocenters. The average molecular weight is 266 g/mol. The first-order chi connectivity index (χ1) is 9.13. The largest absolute Gasteiger partial charge is 0.352 e. The van der Waals surface area contributed by atoms with Crippen LogP contribution >= 0.6 is 0 Å². The standard InChI is InChI=1S/C14H23FN4/c1-11(2)18-6-8-19(9-7-18)14-13(15)12(10-16-3)4-5-17-14/h4-5,11,16H,6-10H2,1-3H3. The van der Waals surface area contributed by atoms with E-state index < -0.39 is 0 Å². The fraction of sp³-hybridized carbons (Fsp3) is 0.643. The molecule has 1 aliphatic rings. The third kappa shape index (κ3) is 3.22. The summed E-state index contributed by atoms with van der Waals surface area (Å²) in [5, 5.41) is 2.98. The average Bonchev–Trinajstić information content (AvgIpc) is 2.41. The quantitative estimate of drug-likeness (QED) is 0.894. The molecular weight excluding hydrogens is 243 g/mol. The second-order valence-electron chi connectivity index (χ2n) is 5.25. The van der Waals surface area contributed by atoms with E-state index in [1.807, 2.05) is 11.9 Å². The van der Waals surface area contributed by atoms with Gasteiger partial charge >= 0.3 is 0 Å². The molecule has 1 saturated heterocycles. The van der Waals surface area contributed by atoms with Crippen molar-refractivity contribution in [3.05, 3.63) is 23.6 Å². The number of hydrogen-bond acceptors (Lipinski definition) is 4. The first-order valence-electron chi connectivity index (χ1n) is 6.90. The summed E-state index contributed by atoms with van der Waals surface area (Å²) in [6, 6.07) is 2.29. The van der Waals surface area contributed by atoms with Gasteiger partial charge in [-0.1, -0.05) is 0 Å². The lowest BCUT2D eigenvalue weighted by atomic mass is 10.2. The predicted molar refractivity (Wildman–Crippen MR) is 75.9 cm³/mol. The monoisotopic (exact) mass is 266 g/mol. The lowest BCUT2D eigenvalue weighted by molar-refractivity contribution is 0.208. The van der Waals surface area contributed by atoms with E-state index in [1.165, 1.54) is 0 Å². The van der Waals surface area contributed by atoms with Crippen LogP contribution < -0.4 is 10.2 Å². The van der Waals surface area contributed by atoms with Crippen molar-refractivity contribution >= 4 is 5.82 Å². The Morgan fingerprint density at radius 3 is 2.58 bits per heavy atom. The van der Waals surface area contributed by atoms with Gasteiger partial charge in [-0.05, 0) is 27.0 Å². The first-order valence-corrected chi connectivity index (χ1v) is 6.90. The molecule has 0 saturated carbocycles. The Labute approximate surface area is 114 Å². The summed E-state index contributed by atoms with van der Waals surface area (Å²) in [4.78, 5) is 8.68. The molecule has 4 nitrogen and oxygen atoms in total. The van der Waals surface area contributed by atoms with Crippen LogP contribution in [0, 0.1) is 5.82 Å². The Morgan fingerprint density at radius 1 is 1.32 bits per heavy atom. The van der Waals surface area contributed by atoms with E-state index in [1.54, 1.807) is 12.3 Å². The van der Waals surface area contributed by atoms with Gasteiger partial charge in [0.05, 0.1) is 0 Å². The predicted octanol–water partition coefficient (Wildman–Crippen LogP) is 1.47. The minimum atomic E-state index is -0.185. The maximum atomic E-state index is 14.3. The van der Waals surface area contributed by atoms with Crippen LogP contribution in [-0.2, 0) is 6.54 Å². The van der Waals surface area contributed by atoms with Gasteiger partial charge in [-0.25, -0.2) is 9.37 Å². The molecule has 2 rings (SSSR count). The van der Waals surface area contributed by atoms with E-state index in [-0.39, 0.29) is 5.82 Å². The van der Waals surface area contributed by atoms with E-state index in [2.05, 4.69) is 29.0 Å². The molecule has 5 heteroatoms. The second kappa shape index (κ2) is 6.30. The SMILES string of the molecule is CNCc1ccnc(N2CCN(C(C)C)CC2)c1F. The number of hydrogen-bond donors (Lipinski definition) is 1. The van der Waals surface area contributed by atoms with Crippen LogP contribution in [0.15, 0.2) is 12.3 Å². The molecule has 2 heterocycles. The highest BCUT2D eigenvalue weighted by Gasteiger charge is 2.22. The van der Waals surface area contributed by atoms with Crippen molar-refractivity contribution in [1.29, 1.82) is 0 Å². The molecule has 1 aliphatic heterocycles. The van der Waals surface area contributed by atoms with Gasteiger partial charge in [-0.2, -0.15) is 0 Å². The smallest absolute Gasteiger partial charge is 0.170 e. The van der Waals surface area contributed by atoms with Crippen LogP contribution in [0.3, 0.4) is 0 Å². The van der Waals surface area contributed by atoms with Crippen LogP contribution in [0.2, 0.25) is 0 Å². The molecular formula is C14H23FN4. The summed E-state index contributed by atoms with van der Waals surface area (Å²) >= 11 is 0. The van der Waals surface area contributed by atoms with Gasteiger partial charge in [0.1, 0.15) is 0 Å². The van der Waals surface area contributed by atoms with Gasteiger partial charge in [0.25, 0.3) is 0 Å². The molecule has 1 aromatic rings. The molecule has 1 N–H and O–H groups in total. The lowest BCUT2D eigenvalue weighted by Crippen LogP contribution is -2.49. The van der Waals surface area contributed by atoms with Crippen LogP contribution in [-0.4, -0.2) is 49.2 Å². The number of piperazine rings is 1. The van der Waals surface area contributed by atoms with Crippen molar-refractivity contribution in [2.45, 2.75) is 26.4 Å². The second-order valence-corrected chi connectivity index (χ2v) is 5.25. The third-order valence-electron chi connectivity index (χ3n) is 3.66. The van der Waals surface area contributed by atoms with E-state index in [0.29, 0.717) is 24.0 Å². The topological polar surface area (TPSA) is 31.4 Å². The highest BCUT2D eigenvalue weighted by Crippen LogP contribution is 2.21. The minimum Gasteiger partial charge on any atom is -0.352 e. The molecule has 0 amide bonds. The van der Waals surface area contributed by atoms with E-state index >= 15 is 0 Å². The van der Waals surface area contributed by atoms with Crippen LogP contribution in [0.25, 0.3) is 0 Å². The zero-order valence-corrected chi connectivity index (χ0v) is 12.0. The zero-order valence-electron chi connectivity index (χ0n) is 12.0. The number of aromatic nitrogens is 1. The summed E-state index contributed by atoms with van der Waals surface area (Å²) in [6.07, 6.45) is 1.69. The summed E-state index contributed by atoms with van der Waals surface area (Å²) in [6.45, 7) is 8.54. The van der Waals surface area contributed by atoms with Gasteiger partial charge in [-0.15, -0.1) is 0 Å². The highest BCUT2D eigenvalue weighted by atomic mass is 19.1. The first kappa shape index (κ1) is 14.2. The highest BCUT2D eigenvalue weighted by molar-refractivity contribution is 5.43. The number of pyridine rings is 1. The number of anilines is 1. The van der Waals surface area contributed by atoms with Crippen molar-refractivity contribution in [3.8, 4) is 0 Å². The Bertz CT molecular complexity index is 414. The maximum absolute atomic E-state index is 14.3. The Hall–Kier alpha value is -1.20.